The van der Waals surface area contributed by atoms with Gasteiger partial charge in [0.1, 0.15) is 11.2 Å². The van der Waals surface area contributed by atoms with Crippen molar-refractivity contribution in [3.63, 3.8) is 0 Å². The highest BCUT2D eigenvalue weighted by atomic mass is 32.1. The first-order valence-corrected chi connectivity index (χ1v) is 9.68. The standard InChI is InChI=1S/C17H22N6OS/c1-22(2)9-5-8-18-16(24)14-20-15-13-11-6-3-4-7-12(11)25-17(13)19-10-23(15)21-14/h10H,3-9H2,1-2H3,(H,18,24)/p+1. The molecular weight excluding hydrogens is 336 g/mol. The minimum absolute atomic E-state index is 0.213. The number of nitrogens with zero attached hydrogens (tertiary/aromatic N) is 4. The summed E-state index contributed by atoms with van der Waals surface area (Å²) >= 11 is 1.76. The number of aryl methyl sites for hydroxylation is 2. The molecule has 0 saturated heterocycles. The van der Waals surface area contributed by atoms with Crippen LogP contribution in [0.4, 0.5) is 0 Å². The Morgan fingerprint density at radius 1 is 1.36 bits per heavy atom. The molecule has 1 aliphatic carbocycles. The van der Waals surface area contributed by atoms with Gasteiger partial charge < -0.3 is 10.2 Å². The molecule has 1 aliphatic rings. The Hall–Kier alpha value is -2.06. The van der Waals surface area contributed by atoms with Gasteiger partial charge in [0.05, 0.1) is 26.0 Å². The molecule has 2 N–H and O–H groups in total. The normalized spacial score (nSPS) is 14.4. The Morgan fingerprint density at radius 3 is 3.04 bits per heavy atom. The van der Waals surface area contributed by atoms with Crippen molar-refractivity contribution < 1.29 is 9.69 Å². The van der Waals surface area contributed by atoms with Crippen molar-refractivity contribution in [3.8, 4) is 0 Å². The lowest BCUT2D eigenvalue weighted by atomic mass is 9.97. The molecule has 0 bridgehead atoms. The summed E-state index contributed by atoms with van der Waals surface area (Å²) in [5.41, 5.74) is 2.12. The molecule has 0 saturated carbocycles. The molecule has 0 aliphatic heterocycles. The predicted molar refractivity (Wildman–Crippen MR) is 97.4 cm³/mol. The van der Waals surface area contributed by atoms with Crippen molar-refractivity contribution in [2.45, 2.75) is 32.1 Å². The number of fused-ring (bicyclic) bond motifs is 5. The summed E-state index contributed by atoms with van der Waals surface area (Å²) in [6.45, 7) is 1.66. The van der Waals surface area contributed by atoms with Crippen molar-refractivity contribution in [1.29, 1.82) is 0 Å². The highest BCUT2D eigenvalue weighted by molar-refractivity contribution is 7.19. The van der Waals surface area contributed by atoms with E-state index in [9.17, 15) is 4.79 Å². The number of hydrogen-bond acceptors (Lipinski definition) is 5. The highest BCUT2D eigenvalue weighted by Crippen LogP contribution is 2.36. The zero-order chi connectivity index (χ0) is 17.4. The third-order valence-electron chi connectivity index (χ3n) is 4.63. The summed E-state index contributed by atoms with van der Waals surface area (Å²) in [4.78, 5) is 25.2. The molecule has 3 aromatic heterocycles. The van der Waals surface area contributed by atoms with E-state index in [0.717, 1.165) is 41.7 Å². The molecule has 0 aromatic carbocycles. The van der Waals surface area contributed by atoms with Gasteiger partial charge in [0.25, 0.3) is 5.91 Å². The van der Waals surface area contributed by atoms with Crippen LogP contribution in [0.2, 0.25) is 0 Å². The Balaban J connectivity index is 1.62. The van der Waals surface area contributed by atoms with E-state index in [0.29, 0.717) is 6.54 Å². The summed E-state index contributed by atoms with van der Waals surface area (Å²) < 4.78 is 1.64. The van der Waals surface area contributed by atoms with Crippen LogP contribution in [0.1, 0.15) is 40.3 Å². The van der Waals surface area contributed by atoms with Crippen molar-refractivity contribution >= 4 is 33.1 Å². The van der Waals surface area contributed by atoms with Crippen LogP contribution in [0.15, 0.2) is 6.33 Å². The first kappa shape index (κ1) is 16.4. The van der Waals surface area contributed by atoms with E-state index in [4.69, 9.17) is 0 Å². The van der Waals surface area contributed by atoms with Crippen molar-refractivity contribution in [2.75, 3.05) is 27.2 Å². The van der Waals surface area contributed by atoms with Gasteiger partial charge in [-0.05, 0) is 31.2 Å². The monoisotopic (exact) mass is 359 g/mol. The topological polar surface area (TPSA) is 76.6 Å². The maximum Gasteiger partial charge on any atom is 0.290 e. The van der Waals surface area contributed by atoms with Gasteiger partial charge in [-0.1, -0.05) is 0 Å². The minimum Gasteiger partial charge on any atom is -0.349 e. The van der Waals surface area contributed by atoms with E-state index in [-0.39, 0.29) is 11.7 Å². The SMILES string of the molecule is C[NH+](C)CCCNC(=O)c1nc2c3c4c(sc3ncn2n1)CCCC4. The van der Waals surface area contributed by atoms with Gasteiger partial charge >= 0.3 is 0 Å². The van der Waals surface area contributed by atoms with Gasteiger partial charge in [0.15, 0.2) is 5.65 Å². The summed E-state index contributed by atoms with van der Waals surface area (Å²) in [6, 6.07) is 0. The number of rotatable bonds is 5. The Labute approximate surface area is 150 Å². The van der Waals surface area contributed by atoms with Crippen LogP contribution in [-0.2, 0) is 12.8 Å². The van der Waals surface area contributed by atoms with Crippen LogP contribution in [0.3, 0.4) is 0 Å². The largest absolute Gasteiger partial charge is 0.349 e. The quantitative estimate of drug-likeness (QED) is 0.650. The van der Waals surface area contributed by atoms with Crippen molar-refractivity contribution in [2.24, 2.45) is 0 Å². The van der Waals surface area contributed by atoms with Gasteiger partial charge in [0, 0.05) is 17.8 Å². The molecule has 0 atom stereocenters. The average Bonchev–Trinajstić information content (AvgIpc) is 3.18. The van der Waals surface area contributed by atoms with Crippen LogP contribution < -0.4 is 10.2 Å². The molecule has 4 rings (SSSR count). The number of aromatic nitrogens is 4. The van der Waals surface area contributed by atoms with Gasteiger partial charge in [-0.15, -0.1) is 16.4 Å². The number of hydrogen-bond donors (Lipinski definition) is 2. The number of amides is 1. The van der Waals surface area contributed by atoms with Crippen LogP contribution in [0.5, 0.6) is 0 Å². The molecule has 0 unspecified atom stereocenters. The van der Waals surface area contributed by atoms with E-state index >= 15 is 0 Å². The maximum absolute atomic E-state index is 12.3. The van der Waals surface area contributed by atoms with E-state index < -0.39 is 0 Å². The first-order chi connectivity index (χ1) is 12.1. The second kappa shape index (κ2) is 6.68. The van der Waals surface area contributed by atoms with Crippen LogP contribution in [-0.4, -0.2) is 52.7 Å². The van der Waals surface area contributed by atoms with Gasteiger partial charge in [-0.3, -0.25) is 4.79 Å². The summed E-state index contributed by atoms with van der Waals surface area (Å²) in [6.07, 6.45) is 7.24. The van der Waals surface area contributed by atoms with Crippen molar-refractivity contribution in [1.82, 2.24) is 24.9 Å². The van der Waals surface area contributed by atoms with E-state index in [1.807, 2.05) is 0 Å². The van der Waals surface area contributed by atoms with Gasteiger partial charge in [-0.2, -0.15) is 0 Å². The zero-order valence-corrected chi connectivity index (χ0v) is 15.4. The average molecular weight is 359 g/mol. The lowest BCUT2D eigenvalue weighted by molar-refractivity contribution is -0.858. The number of nitrogens with one attached hydrogen (secondary N) is 2. The second-order valence-corrected chi connectivity index (χ2v) is 7.99. The molecule has 3 aromatic rings. The summed E-state index contributed by atoms with van der Waals surface area (Å²) in [5, 5.41) is 8.33. The zero-order valence-electron chi connectivity index (χ0n) is 14.6. The maximum atomic E-state index is 12.3. The Bertz CT molecular complexity index is 928. The van der Waals surface area contributed by atoms with Crippen LogP contribution >= 0.6 is 11.3 Å². The fourth-order valence-electron chi connectivity index (χ4n) is 3.37. The summed E-state index contributed by atoms with van der Waals surface area (Å²) in [7, 11) is 4.20. The molecule has 0 radical (unpaired) electrons. The number of carbonyl (C=O) groups excluding carboxylic acids is 1. The van der Waals surface area contributed by atoms with Gasteiger partial charge in [-0.25, -0.2) is 14.5 Å². The Morgan fingerprint density at radius 2 is 2.20 bits per heavy atom. The van der Waals surface area contributed by atoms with E-state index in [1.54, 1.807) is 22.2 Å². The molecule has 0 spiro atoms. The molecule has 7 nitrogen and oxygen atoms in total. The summed E-state index contributed by atoms with van der Waals surface area (Å²) in [5.74, 6) is 0.0111. The number of thiophene rings is 1. The molecular formula is C17H23N6OS+. The lowest BCUT2D eigenvalue weighted by Crippen LogP contribution is -3.05. The molecule has 8 heteroatoms. The van der Waals surface area contributed by atoms with Crippen LogP contribution in [0, 0.1) is 0 Å². The number of quaternary nitrogens is 1. The molecule has 0 fully saturated rings. The molecule has 25 heavy (non-hydrogen) atoms. The Kier molecular flexibility index (Phi) is 4.39. The number of carbonyl (C=O) groups is 1. The minimum atomic E-state index is -0.213. The van der Waals surface area contributed by atoms with Crippen molar-refractivity contribution in [3.05, 3.63) is 22.6 Å². The fraction of sp³-hybridized carbons (Fsp3) is 0.529. The second-order valence-electron chi connectivity index (χ2n) is 6.91. The van der Waals surface area contributed by atoms with E-state index in [2.05, 4.69) is 34.5 Å². The fourth-order valence-corrected chi connectivity index (χ4v) is 4.60. The molecule has 132 valence electrons. The van der Waals surface area contributed by atoms with Crippen LogP contribution in [0.25, 0.3) is 15.9 Å². The lowest BCUT2D eigenvalue weighted by Gasteiger charge is -2.09. The first-order valence-electron chi connectivity index (χ1n) is 8.86. The molecule has 3 heterocycles. The van der Waals surface area contributed by atoms with E-state index in [1.165, 1.54) is 28.2 Å². The smallest absolute Gasteiger partial charge is 0.290 e. The molecule has 1 amide bonds. The predicted octanol–water partition coefficient (Wildman–Crippen LogP) is 0.482. The third-order valence-corrected chi connectivity index (χ3v) is 5.83. The third kappa shape index (κ3) is 3.11. The highest BCUT2D eigenvalue weighted by Gasteiger charge is 2.22. The van der Waals surface area contributed by atoms with Gasteiger partial charge in [0.2, 0.25) is 5.82 Å².